The molecule has 0 saturated carbocycles. The minimum atomic E-state index is -0.523. The summed E-state index contributed by atoms with van der Waals surface area (Å²) in [5.41, 5.74) is -0.00656. The van der Waals surface area contributed by atoms with E-state index in [1.165, 1.54) is 18.2 Å². The number of carbonyl (C=O) groups is 1. The van der Waals surface area contributed by atoms with E-state index in [4.69, 9.17) is 16.7 Å². The largest absolute Gasteiger partial charge is 0.508 e. The average Bonchev–Trinajstić information content (AvgIpc) is 2.18. The molecule has 0 atom stereocenters. The van der Waals surface area contributed by atoms with Crippen LogP contribution in [0.25, 0.3) is 0 Å². The molecule has 0 bridgehead atoms. The Hall–Kier alpha value is -1.68. The second-order valence-electron chi connectivity index (χ2n) is 2.90. The summed E-state index contributed by atoms with van der Waals surface area (Å²) in [6.45, 7) is 3.51. The minimum absolute atomic E-state index is 0.00656. The maximum absolute atomic E-state index is 11.4. The van der Waals surface area contributed by atoms with Gasteiger partial charge in [0, 0.05) is 5.03 Å². The molecule has 0 fully saturated rings. The molecule has 0 aliphatic rings. The number of rotatable bonds is 3. The van der Waals surface area contributed by atoms with E-state index < -0.39 is 5.91 Å². The second-order valence-corrected chi connectivity index (χ2v) is 3.44. The molecule has 1 amide bonds. The molecule has 1 aromatic rings. The van der Waals surface area contributed by atoms with Gasteiger partial charge in [0.1, 0.15) is 11.5 Å². The molecule has 0 saturated heterocycles. The molecule has 0 heterocycles. The van der Waals surface area contributed by atoms with Gasteiger partial charge in [-0.1, -0.05) is 18.2 Å². The Labute approximate surface area is 91.8 Å². The Kier molecular flexibility index (Phi) is 3.57. The summed E-state index contributed by atoms with van der Waals surface area (Å²) in [5, 5.41) is 21.2. The lowest BCUT2D eigenvalue weighted by Crippen LogP contribution is -2.24. The van der Waals surface area contributed by atoms with Crippen LogP contribution in [0.5, 0.6) is 11.5 Å². The first-order valence-corrected chi connectivity index (χ1v) is 4.52. The number of amides is 1. The first kappa shape index (κ1) is 11.4. The molecule has 15 heavy (non-hydrogen) atoms. The number of aromatic hydroxyl groups is 2. The van der Waals surface area contributed by atoms with Crippen molar-refractivity contribution in [3.05, 3.63) is 35.4 Å². The Morgan fingerprint density at radius 3 is 2.73 bits per heavy atom. The molecule has 5 heteroatoms. The standard InChI is InChI=1S/C10H10ClNO3/c1-6(11)5-12-10(15)8-4-7(13)2-3-9(8)14/h2-4,13-14H,1,5H2,(H,12,15). The number of hydrogen-bond donors (Lipinski definition) is 3. The van der Waals surface area contributed by atoms with E-state index in [2.05, 4.69) is 11.9 Å². The van der Waals surface area contributed by atoms with Crippen LogP contribution in [0.2, 0.25) is 0 Å². The quantitative estimate of drug-likeness (QED) is 0.687. The number of phenolic OH excluding ortho intramolecular Hbond substituents is 2. The lowest BCUT2D eigenvalue weighted by atomic mass is 10.2. The van der Waals surface area contributed by atoms with Crippen LogP contribution in [-0.2, 0) is 0 Å². The summed E-state index contributed by atoms with van der Waals surface area (Å²) >= 11 is 5.46. The van der Waals surface area contributed by atoms with Crippen LogP contribution in [0.1, 0.15) is 10.4 Å². The van der Waals surface area contributed by atoms with E-state index in [0.29, 0.717) is 0 Å². The number of benzene rings is 1. The van der Waals surface area contributed by atoms with Gasteiger partial charge in [-0.25, -0.2) is 0 Å². The van der Waals surface area contributed by atoms with Gasteiger partial charge in [-0.2, -0.15) is 0 Å². The monoisotopic (exact) mass is 227 g/mol. The molecule has 0 radical (unpaired) electrons. The van der Waals surface area contributed by atoms with Crippen LogP contribution < -0.4 is 5.32 Å². The van der Waals surface area contributed by atoms with Gasteiger partial charge in [-0.15, -0.1) is 0 Å². The number of nitrogens with one attached hydrogen (secondary N) is 1. The Balaban J connectivity index is 2.81. The van der Waals surface area contributed by atoms with Gasteiger partial charge in [0.05, 0.1) is 12.1 Å². The lowest BCUT2D eigenvalue weighted by Gasteiger charge is -2.06. The second kappa shape index (κ2) is 4.70. The van der Waals surface area contributed by atoms with Crippen LogP contribution in [0.15, 0.2) is 29.8 Å². The smallest absolute Gasteiger partial charge is 0.255 e. The van der Waals surface area contributed by atoms with Crippen molar-refractivity contribution in [2.24, 2.45) is 0 Å². The highest BCUT2D eigenvalue weighted by Gasteiger charge is 2.11. The van der Waals surface area contributed by atoms with Gasteiger partial charge in [0.15, 0.2) is 0 Å². The average molecular weight is 228 g/mol. The van der Waals surface area contributed by atoms with Gasteiger partial charge in [0.2, 0.25) is 0 Å². The maximum atomic E-state index is 11.4. The molecule has 1 aromatic carbocycles. The van der Waals surface area contributed by atoms with Crippen molar-refractivity contribution in [2.45, 2.75) is 0 Å². The predicted octanol–water partition coefficient (Wildman–Crippen LogP) is 1.58. The molecule has 0 spiro atoms. The van der Waals surface area contributed by atoms with Crippen molar-refractivity contribution in [1.29, 1.82) is 0 Å². The fourth-order valence-corrected chi connectivity index (χ4v) is 1.04. The Bertz CT molecular complexity index is 404. The molecule has 1 rings (SSSR count). The van der Waals surface area contributed by atoms with Gasteiger partial charge in [-0.3, -0.25) is 4.79 Å². The highest BCUT2D eigenvalue weighted by Crippen LogP contribution is 2.21. The highest BCUT2D eigenvalue weighted by molar-refractivity contribution is 6.29. The zero-order valence-electron chi connectivity index (χ0n) is 7.83. The molecule has 0 aliphatic heterocycles. The van der Waals surface area contributed by atoms with Crippen molar-refractivity contribution < 1.29 is 15.0 Å². The van der Waals surface area contributed by atoms with E-state index in [1.807, 2.05) is 0 Å². The SMILES string of the molecule is C=C(Cl)CNC(=O)c1cc(O)ccc1O. The van der Waals surface area contributed by atoms with Crippen molar-refractivity contribution in [1.82, 2.24) is 5.32 Å². The van der Waals surface area contributed by atoms with Crippen molar-refractivity contribution in [3.63, 3.8) is 0 Å². The summed E-state index contributed by atoms with van der Waals surface area (Å²) < 4.78 is 0. The number of carbonyl (C=O) groups excluding carboxylic acids is 1. The minimum Gasteiger partial charge on any atom is -0.508 e. The molecule has 3 N–H and O–H groups in total. The summed E-state index contributed by atoms with van der Waals surface area (Å²) in [6.07, 6.45) is 0. The van der Waals surface area contributed by atoms with Crippen LogP contribution in [-0.4, -0.2) is 22.7 Å². The van der Waals surface area contributed by atoms with Crippen LogP contribution >= 0.6 is 11.6 Å². The predicted molar refractivity (Wildman–Crippen MR) is 57.1 cm³/mol. The van der Waals surface area contributed by atoms with Crippen LogP contribution in [0.3, 0.4) is 0 Å². The summed E-state index contributed by atoms with van der Waals surface area (Å²) in [7, 11) is 0. The summed E-state index contributed by atoms with van der Waals surface area (Å²) in [6, 6.07) is 3.69. The molecule has 0 aromatic heterocycles. The highest BCUT2D eigenvalue weighted by atomic mass is 35.5. The van der Waals surface area contributed by atoms with Crippen LogP contribution in [0, 0.1) is 0 Å². The molecule has 4 nitrogen and oxygen atoms in total. The zero-order valence-corrected chi connectivity index (χ0v) is 8.58. The molecule has 80 valence electrons. The number of phenols is 2. The van der Waals surface area contributed by atoms with Gasteiger partial charge in [0.25, 0.3) is 5.91 Å². The maximum Gasteiger partial charge on any atom is 0.255 e. The fourth-order valence-electron chi connectivity index (χ4n) is 0.977. The third-order valence-electron chi connectivity index (χ3n) is 1.67. The third kappa shape index (κ3) is 3.18. The molecular formula is C10H10ClNO3. The topological polar surface area (TPSA) is 69.6 Å². The first-order valence-electron chi connectivity index (χ1n) is 4.14. The van der Waals surface area contributed by atoms with Crippen molar-refractivity contribution in [2.75, 3.05) is 6.54 Å². The van der Waals surface area contributed by atoms with E-state index in [0.717, 1.165) is 0 Å². The van der Waals surface area contributed by atoms with Gasteiger partial charge in [-0.05, 0) is 18.2 Å². The third-order valence-corrected chi connectivity index (χ3v) is 1.80. The zero-order chi connectivity index (χ0) is 11.4. The van der Waals surface area contributed by atoms with Crippen molar-refractivity contribution >= 4 is 17.5 Å². The Morgan fingerprint density at radius 1 is 1.47 bits per heavy atom. The summed E-state index contributed by atoms with van der Waals surface area (Å²) in [4.78, 5) is 11.4. The normalized spacial score (nSPS) is 9.67. The van der Waals surface area contributed by atoms with Gasteiger partial charge < -0.3 is 15.5 Å². The molecule has 0 aliphatic carbocycles. The first-order chi connectivity index (χ1) is 7.00. The lowest BCUT2D eigenvalue weighted by molar-refractivity contribution is 0.0954. The van der Waals surface area contributed by atoms with E-state index >= 15 is 0 Å². The van der Waals surface area contributed by atoms with E-state index in [9.17, 15) is 9.90 Å². The molecule has 0 unspecified atom stereocenters. The van der Waals surface area contributed by atoms with Gasteiger partial charge >= 0.3 is 0 Å². The van der Waals surface area contributed by atoms with Crippen molar-refractivity contribution in [3.8, 4) is 11.5 Å². The summed E-state index contributed by atoms with van der Waals surface area (Å²) in [5.74, 6) is -0.821. The fraction of sp³-hybridized carbons (Fsp3) is 0.100. The van der Waals surface area contributed by atoms with E-state index in [-0.39, 0.29) is 28.6 Å². The number of hydrogen-bond acceptors (Lipinski definition) is 3. The Morgan fingerprint density at radius 2 is 2.13 bits per heavy atom. The van der Waals surface area contributed by atoms with Crippen LogP contribution in [0.4, 0.5) is 0 Å². The molecular weight excluding hydrogens is 218 g/mol. The van der Waals surface area contributed by atoms with E-state index in [1.54, 1.807) is 0 Å². The number of halogens is 1.